The molecule has 0 aliphatic rings. The number of ether oxygens (including phenoxy) is 2. The van der Waals surface area contributed by atoms with Crippen molar-refractivity contribution in [2.75, 3.05) is 14.2 Å². The van der Waals surface area contributed by atoms with Crippen LogP contribution in [0.3, 0.4) is 0 Å². The number of carbonyl (C=O) groups is 1. The average Bonchev–Trinajstić information content (AvgIpc) is 2.44. The molecule has 4 heteroatoms. The third kappa shape index (κ3) is 4.32. The Morgan fingerprint density at radius 1 is 1.32 bits per heavy atom. The molecule has 1 atom stereocenters. The Balaban J connectivity index is 2.88. The van der Waals surface area contributed by atoms with E-state index in [1.54, 1.807) is 20.3 Å². The molecule has 1 rings (SSSR count). The fourth-order valence-electron chi connectivity index (χ4n) is 1.60. The highest BCUT2D eigenvalue weighted by Gasteiger charge is 2.07. The maximum absolute atomic E-state index is 11.7. The summed E-state index contributed by atoms with van der Waals surface area (Å²) in [6.07, 6.45) is 4.10. The number of carbonyl (C=O) groups excluding carboxylic acids is 1. The molecule has 0 saturated carbocycles. The summed E-state index contributed by atoms with van der Waals surface area (Å²) >= 11 is 0. The molecule has 1 aromatic carbocycles. The Hall–Kier alpha value is -1.97. The van der Waals surface area contributed by atoms with E-state index < -0.39 is 0 Å². The van der Waals surface area contributed by atoms with Crippen LogP contribution in [0.1, 0.15) is 25.8 Å². The van der Waals surface area contributed by atoms with Gasteiger partial charge in [-0.2, -0.15) is 0 Å². The third-order valence-corrected chi connectivity index (χ3v) is 2.87. The van der Waals surface area contributed by atoms with Crippen molar-refractivity contribution in [3.8, 4) is 11.5 Å². The van der Waals surface area contributed by atoms with Crippen LogP contribution < -0.4 is 14.8 Å². The van der Waals surface area contributed by atoms with E-state index in [2.05, 4.69) is 5.32 Å². The van der Waals surface area contributed by atoms with E-state index in [9.17, 15) is 4.79 Å². The first-order valence-electron chi connectivity index (χ1n) is 6.31. The molecule has 0 spiro atoms. The molecule has 1 aromatic rings. The molecule has 4 nitrogen and oxygen atoms in total. The molecule has 0 aliphatic carbocycles. The van der Waals surface area contributed by atoms with Gasteiger partial charge in [0.05, 0.1) is 19.8 Å². The Bertz CT molecular complexity index is 432. The van der Waals surface area contributed by atoms with Gasteiger partial charge in [-0.1, -0.05) is 13.0 Å². The van der Waals surface area contributed by atoms with Gasteiger partial charge >= 0.3 is 0 Å². The second-order valence-corrected chi connectivity index (χ2v) is 4.23. The zero-order chi connectivity index (χ0) is 14.3. The van der Waals surface area contributed by atoms with Gasteiger partial charge in [0.15, 0.2) is 0 Å². The fraction of sp³-hybridized carbons (Fsp3) is 0.400. The zero-order valence-electron chi connectivity index (χ0n) is 11.9. The Morgan fingerprint density at radius 2 is 1.89 bits per heavy atom. The quantitative estimate of drug-likeness (QED) is 0.803. The third-order valence-electron chi connectivity index (χ3n) is 2.87. The van der Waals surface area contributed by atoms with E-state index in [0.717, 1.165) is 12.0 Å². The first-order valence-corrected chi connectivity index (χ1v) is 6.31. The van der Waals surface area contributed by atoms with Crippen molar-refractivity contribution in [1.29, 1.82) is 0 Å². The lowest BCUT2D eigenvalue weighted by Gasteiger charge is -2.10. The molecule has 1 amide bonds. The summed E-state index contributed by atoms with van der Waals surface area (Å²) in [4.78, 5) is 11.7. The first kappa shape index (κ1) is 15.1. The highest BCUT2D eigenvalue weighted by molar-refractivity contribution is 5.92. The SMILES string of the molecule is CCC(C)NC(=O)/C=C/c1c(OC)cccc1OC. The molecule has 0 aromatic heterocycles. The second-order valence-electron chi connectivity index (χ2n) is 4.23. The molecule has 1 unspecified atom stereocenters. The molecule has 0 aliphatic heterocycles. The standard InChI is InChI=1S/C15H21NO3/c1-5-11(2)16-15(17)10-9-12-13(18-3)7-6-8-14(12)19-4/h6-11H,5H2,1-4H3,(H,16,17)/b10-9+. The summed E-state index contributed by atoms with van der Waals surface area (Å²) in [6.45, 7) is 3.99. The van der Waals surface area contributed by atoms with Crippen molar-refractivity contribution in [1.82, 2.24) is 5.32 Å². The van der Waals surface area contributed by atoms with Gasteiger partial charge < -0.3 is 14.8 Å². The minimum atomic E-state index is -0.123. The Kier molecular flexibility index (Phi) is 5.93. The van der Waals surface area contributed by atoms with Crippen LogP contribution in [0.15, 0.2) is 24.3 Å². The van der Waals surface area contributed by atoms with E-state index in [0.29, 0.717) is 11.5 Å². The summed E-state index contributed by atoms with van der Waals surface area (Å²) in [5.74, 6) is 1.22. The van der Waals surface area contributed by atoms with Crippen LogP contribution in [0.4, 0.5) is 0 Å². The summed E-state index contributed by atoms with van der Waals surface area (Å²) in [5.41, 5.74) is 0.756. The molecule has 19 heavy (non-hydrogen) atoms. The second kappa shape index (κ2) is 7.46. The summed E-state index contributed by atoms with van der Waals surface area (Å²) in [6, 6.07) is 5.66. The van der Waals surface area contributed by atoms with E-state index >= 15 is 0 Å². The van der Waals surface area contributed by atoms with E-state index in [4.69, 9.17) is 9.47 Å². The number of methoxy groups -OCH3 is 2. The largest absolute Gasteiger partial charge is 0.496 e. The minimum Gasteiger partial charge on any atom is -0.496 e. The van der Waals surface area contributed by atoms with Crippen molar-refractivity contribution in [2.24, 2.45) is 0 Å². The fourth-order valence-corrected chi connectivity index (χ4v) is 1.60. The van der Waals surface area contributed by atoms with Gasteiger partial charge in [-0.15, -0.1) is 0 Å². The first-order chi connectivity index (χ1) is 9.12. The molecule has 0 fully saturated rings. The van der Waals surface area contributed by atoms with Crippen LogP contribution in [-0.4, -0.2) is 26.2 Å². The van der Waals surface area contributed by atoms with Gasteiger partial charge in [0.25, 0.3) is 0 Å². The van der Waals surface area contributed by atoms with Crippen LogP contribution in [0.5, 0.6) is 11.5 Å². The van der Waals surface area contributed by atoms with Gasteiger partial charge in [-0.3, -0.25) is 4.79 Å². The number of hydrogen-bond donors (Lipinski definition) is 1. The predicted molar refractivity (Wildman–Crippen MR) is 76.5 cm³/mol. The van der Waals surface area contributed by atoms with E-state index in [1.165, 1.54) is 6.08 Å². The van der Waals surface area contributed by atoms with Crippen molar-refractivity contribution in [3.05, 3.63) is 29.8 Å². The number of hydrogen-bond acceptors (Lipinski definition) is 3. The monoisotopic (exact) mass is 263 g/mol. The predicted octanol–water partition coefficient (Wildman–Crippen LogP) is 2.63. The highest BCUT2D eigenvalue weighted by Crippen LogP contribution is 2.29. The summed E-state index contributed by atoms with van der Waals surface area (Å²) in [5, 5.41) is 2.87. The molecule has 0 heterocycles. The van der Waals surface area contributed by atoms with Gasteiger partial charge in [0, 0.05) is 12.1 Å². The summed E-state index contributed by atoms with van der Waals surface area (Å²) < 4.78 is 10.5. The number of benzene rings is 1. The minimum absolute atomic E-state index is 0.123. The molecular weight excluding hydrogens is 242 g/mol. The molecular formula is C15H21NO3. The van der Waals surface area contributed by atoms with Crippen LogP contribution in [0, 0.1) is 0 Å². The Morgan fingerprint density at radius 3 is 2.37 bits per heavy atom. The van der Waals surface area contributed by atoms with E-state index in [-0.39, 0.29) is 11.9 Å². The average molecular weight is 263 g/mol. The van der Waals surface area contributed by atoms with Crippen LogP contribution >= 0.6 is 0 Å². The molecule has 0 radical (unpaired) electrons. The maximum Gasteiger partial charge on any atom is 0.244 e. The number of nitrogens with one attached hydrogen (secondary N) is 1. The van der Waals surface area contributed by atoms with Crippen LogP contribution in [0.2, 0.25) is 0 Å². The lowest BCUT2D eigenvalue weighted by molar-refractivity contribution is -0.117. The van der Waals surface area contributed by atoms with Gasteiger partial charge in [-0.05, 0) is 31.6 Å². The van der Waals surface area contributed by atoms with Crippen molar-refractivity contribution >= 4 is 12.0 Å². The van der Waals surface area contributed by atoms with Crippen molar-refractivity contribution < 1.29 is 14.3 Å². The lowest BCUT2D eigenvalue weighted by atomic mass is 10.1. The maximum atomic E-state index is 11.7. The van der Waals surface area contributed by atoms with Crippen molar-refractivity contribution in [2.45, 2.75) is 26.3 Å². The Labute approximate surface area is 114 Å². The highest BCUT2D eigenvalue weighted by atomic mass is 16.5. The number of amides is 1. The topological polar surface area (TPSA) is 47.6 Å². The number of rotatable bonds is 6. The molecule has 0 bridgehead atoms. The molecule has 0 saturated heterocycles. The smallest absolute Gasteiger partial charge is 0.244 e. The van der Waals surface area contributed by atoms with Crippen LogP contribution in [0.25, 0.3) is 6.08 Å². The van der Waals surface area contributed by atoms with Gasteiger partial charge in [0.2, 0.25) is 5.91 Å². The van der Waals surface area contributed by atoms with E-state index in [1.807, 2.05) is 32.0 Å². The van der Waals surface area contributed by atoms with Gasteiger partial charge in [0.1, 0.15) is 11.5 Å². The zero-order valence-corrected chi connectivity index (χ0v) is 11.9. The normalized spacial score (nSPS) is 12.2. The molecule has 104 valence electrons. The van der Waals surface area contributed by atoms with Gasteiger partial charge in [-0.25, -0.2) is 0 Å². The van der Waals surface area contributed by atoms with Crippen LogP contribution in [-0.2, 0) is 4.79 Å². The lowest BCUT2D eigenvalue weighted by Crippen LogP contribution is -2.30. The van der Waals surface area contributed by atoms with Crippen molar-refractivity contribution in [3.63, 3.8) is 0 Å². The molecule has 1 N–H and O–H groups in total. The summed E-state index contributed by atoms with van der Waals surface area (Å²) in [7, 11) is 3.18.